The van der Waals surface area contributed by atoms with Crippen molar-refractivity contribution in [1.82, 2.24) is 0 Å². The predicted octanol–water partition coefficient (Wildman–Crippen LogP) is -1.73. The zero-order chi connectivity index (χ0) is 16.5. The van der Waals surface area contributed by atoms with Gasteiger partial charge in [0.2, 0.25) is 0 Å². The molecular weight excluding hydrogens is 401 g/mol. The Hall–Kier alpha value is -0.930. The predicted molar refractivity (Wildman–Crippen MR) is 120 cm³/mol. The molecule has 2 radical (unpaired) electrons. The van der Waals surface area contributed by atoms with Crippen LogP contribution in [0.3, 0.4) is 0 Å². The molecule has 0 heterocycles. The third-order valence-electron chi connectivity index (χ3n) is 3.19. The second-order valence-electron chi connectivity index (χ2n) is 5.97. The van der Waals surface area contributed by atoms with Gasteiger partial charge >= 0.3 is 119 Å². The summed E-state index contributed by atoms with van der Waals surface area (Å²) in [5.41, 5.74) is 0. The Labute approximate surface area is 154 Å². The van der Waals surface area contributed by atoms with E-state index >= 15 is 0 Å². The molecule has 0 unspecified atom stereocenters. The molecule has 23 heavy (non-hydrogen) atoms. The van der Waals surface area contributed by atoms with Crippen LogP contribution in [0.2, 0.25) is 0 Å². The molecule has 3 rings (SSSR count). The van der Waals surface area contributed by atoms with Gasteiger partial charge in [0.05, 0.1) is 0 Å². The van der Waals surface area contributed by atoms with Crippen molar-refractivity contribution in [3.63, 3.8) is 0 Å². The van der Waals surface area contributed by atoms with Crippen molar-refractivity contribution in [2.24, 2.45) is 0 Å². The normalized spacial score (nSPS) is 10.7. The van der Waals surface area contributed by atoms with Gasteiger partial charge in [0, 0.05) is 0 Å². The second-order valence-corrected chi connectivity index (χ2v) is 50.2. The first kappa shape index (κ1) is 18.4. The average Bonchev–Trinajstić information content (AvgIpc) is 2.58. The van der Waals surface area contributed by atoms with E-state index in [0.29, 0.717) is 7.35 Å². The van der Waals surface area contributed by atoms with E-state index in [1.165, 1.54) is 13.2 Å². The molecule has 5 heteroatoms. The zero-order valence-electron chi connectivity index (χ0n) is 14.2. The fourth-order valence-corrected chi connectivity index (χ4v) is 7.72. The van der Waals surface area contributed by atoms with Crippen LogP contribution in [-0.4, -0.2) is 51.0 Å². The molecule has 0 bridgehead atoms. The molecule has 116 valence electrons. The Morgan fingerprint density at radius 1 is 0.478 bits per heavy atom. The van der Waals surface area contributed by atoms with E-state index in [2.05, 4.69) is 91.0 Å². The Morgan fingerprint density at radius 2 is 0.696 bits per heavy atom. The van der Waals surface area contributed by atoms with Gasteiger partial charge in [-0.2, -0.15) is 0 Å². The van der Waals surface area contributed by atoms with Gasteiger partial charge in [-0.15, -0.1) is 0 Å². The van der Waals surface area contributed by atoms with Crippen molar-refractivity contribution < 1.29 is 0 Å². The van der Waals surface area contributed by atoms with Gasteiger partial charge in [0.1, 0.15) is 0 Å². The summed E-state index contributed by atoms with van der Waals surface area (Å²) in [6.45, 7) is 0. The monoisotopic (exact) mass is 426 g/mol. The Kier molecular flexibility index (Phi) is 8.04. The molecule has 0 nitrogen and oxygen atoms in total. The van der Waals surface area contributed by atoms with E-state index in [0.717, 1.165) is 0 Å². The summed E-state index contributed by atoms with van der Waals surface area (Å²) in [5, 5.41) is 0. The van der Waals surface area contributed by atoms with Crippen molar-refractivity contribution in [2.45, 2.75) is 0 Å². The Morgan fingerprint density at radius 3 is 0.913 bits per heavy atom. The summed E-state index contributed by atoms with van der Waals surface area (Å²) in [4.78, 5) is 0. The van der Waals surface area contributed by atoms with Crippen molar-refractivity contribution >= 4 is 64.2 Å². The fourth-order valence-electron chi connectivity index (χ4n) is 2.31. The Balaban J connectivity index is 0.000000433. The molecule has 0 amide bonds. The van der Waals surface area contributed by atoms with Crippen molar-refractivity contribution in [2.75, 3.05) is 0 Å². The first-order chi connectivity index (χ1) is 11.2. The molecule has 0 spiro atoms. The van der Waals surface area contributed by atoms with E-state index in [4.69, 9.17) is 0 Å². The minimum atomic E-state index is -1.63. The topological polar surface area (TPSA) is 0 Å². The molecule has 0 saturated carbocycles. The first-order valence-electron chi connectivity index (χ1n) is 7.98. The van der Waals surface area contributed by atoms with E-state index in [1.807, 2.05) is 0 Å². The maximum absolute atomic E-state index is 2.27. The summed E-state index contributed by atoms with van der Waals surface area (Å²) in [7, 11) is 5.26. The van der Waals surface area contributed by atoms with Crippen molar-refractivity contribution in [3.8, 4) is 0 Å². The molecule has 0 aliphatic rings. The van der Waals surface area contributed by atoms with Gasteiger partial charge < -0.3 is 0 Å². The van der Waals surface area contributed by atoms with Crippen molar-refractivity contribution in [3.05, 3.63) is 91.0 Å². The van der Waals surface area contributed by atoms with Crippen LogP contribution in [0.5, 0.6) is 0 Å². The van der Waals surface area contributed by atoms with E-state index in [-0.39, 0.29) is 0 Å². The summed E-state index contributed by atoms with van der Waals surface area (Å²) in [6, 6.07) is 32.8. The van der Waals surface area contributed by atoms with Gasteiger partial charge in [0.25, 0.3) is 0 Å². The molecule has 3 aromatic rings. The summed E-state index contributed by atoms with van der Waals surface area (Å²) in [5.74, 6) is 0. The molecule has 0 fully saturated rings. The fraction of sp³-hybridized carbons (Fsp3) is 0. The van der Waals surface area contributed by atoms with Crippen LogP contribution in [0.15, 0.2) is 91.0 Å². The van der Waals surface area contributed by atoms with Crippen LogP contribution < -0.4 is 13.2 Å². The average molecular weight is 425 g/mol. The van der Waals surface area contributed by atoms with Crippen LogP contribution in [0.1, 0.15) is 0 Å². The summed E-state index contributed by atoms with van der Waals surface area (Å²) >= 11 is -1.63. The van der Waals surface area contributed by atoms with Crippen molar-refractivity contribution in [1.29, 1.82) is 0 Å². The van der Waals surface area contributed by atoms with Gasteiger partial charge in [-0.05, 0) is 36.6 Å². The number of benzene rings is 3. The molecule has 3 aromatic carbocycles. The molecule has 0 saturated heterocycles. The first-order valence-corrected chi connectivity index (χ1v) is 23.1. The van der Waals surface area contributed by atoms with Gasteiger partial charge in [-0.25, -0.2) is 0 Å². The molecule has 0 aromatic heterocycles. The van der Waals surface area contributed by atoms with Gasteiger partial charge in [-0.1, -0.05) is 0 Å². The van der Waals surface area contributed by atoms with Crippen LogP contribution in [0.25, 0.3) is 0 Å². The van der Waals surface area contributed by atoms with Gasteiger partial charge in [0.15, 0.2) is 0 Å². The van der Waals surface area contributed by atoms with Gasteiger partial charge in [-0.3, -0.25) is 0 Å². The van der Waals surface area contributed by atoms with E-state index < -0.39 is 14.3 Å². The standard InChI is InChI=1S/C18H15Ge.H9Si4/c1-4-10-16(11-5-1)19(17-12-6-2-7-13-17)18-14-8-3-9-15-18;1-4(2)3/h1-15H;1-3H3. The quantitative estimate of drug-likeness (QED) is 0.438. The van der Waals surface area contributed by atoms with E-state index in [9.17, 15) is 0 Å². The zero-order valence-corrected chi connectivity index (χ0v) is 23.3. The Bertz CT molecular complexity index is 578. The SMILES string of the molecule is [SiH3][Si]([SiH3])[SiH3].c1cc[c]([Ge]([c]2ccccc2)[c]2ccccc2)cc1. The van der Waals surface area contributed by atoms with Crippen LogP contribution in [0, 0.1) is 0 Å². The molecular formula is C18H24GeSi4. The summed E-state index contributed by atoms with van der Waals surface area (Å²) in [6.07, 6.45) is 0. The number of hydrogen-bond donors (Lipinski definition) is 0. The molecule has 0 atom stereocenters. The molecule has 0 aliphatic heterocycles. The second kappa shape index (κ2) is 10.0. The molecule has 0 aliphatic carbocycles. The van der Waals surface area contributed by atoms with Crippen LogP contribution in [-0.2, 0) is 0 Å². The van der Waals surface area contributed by atoms with Crippen LogP contribution >= 0.6 is 0 Å². The number of hydrogen-bond acceptors (Lipinski definition) is 0. The number of rotatable bonds is 3. The third kappa shape index (κ3) is 6.23. The third-order valence-corrected chi connectivity index (χ3v) is 8.92. The minimum absolute atomic E-state index is 0.537. The van der Waals surface area contributed by atoms with E-state index in [1.54, 1.807) is 29.3 Å². The van der Waals surface area contributed by atoms with Crippen LogP contribution in [0.4, 0.5) is 0 Å². The summed E-state index contributed by atoms with van der Waals surface area (Å²) < 4.78 is 4.50. The maximum atomic E-state index is 2.27. The molecule has 0 N–H and O–H groups in total.